The van der Waals surface area contributed by atoms with Crippen LogP contribution in [0.1, 0.15) is 109 Å². The minimum atomic E-state index is -0.773. The molecule has 7 aromatic carbocycles. The van der Waals surface area contributed by atoms with Crippen LogP contribution in [0.5, 0.6) is 0 Å². The first kappa shape index (κ1) is 37.3. The summed E-state index contributed by atoms with van der Waals surface area (Å²) in [6, 6.07) is 67.7. The number of aromatic nitrogens is 3. The van der Waals surface area contributed by atoms with Crippen molar-refractivity contribution in [2.75, 3.05) is 9.80 Å². The van der Waals surface area contributed by atoms with Gasteiger partial charge in [0.2, 0.25) is 0 Å². The van der Waals surface area contributed by atoms with Gasteiger partial charge in [-0.25, -0.2) is 0 Å². The molecule has 0 saturated heterocycles. The lowest BCUT2D eigenvalue weighted by molar-refractivity contribution is -0.928. The van der Waals surface area contributed by atoms with Gasteiger partial charge in [-0.2, -0.15) is 18.9 Å². The molecule has 0 radical (unpaired) electrons. The molecule has 9 heterocycles. The number of anilines is 6. The molecule has 68 heavy (non-hydrogen) atoms. The molecule has 10 aromatic rings. The number of hydrogen-bond acceptors (Lipinski definition) is 2. The first-order valence-corrected chi connectivity index (χ1v) is 24.5. The second-order valence-corrected chi connectivity index (χ2v) is 21.4. The molecule has 324 valence electrons. The van der Waals surface area contributed by atoms with Crippen LogP contribution >= 0.6 is 0 Å². The molecule has 5 nitrogen and oxygen atoms in total. The molecule has 3 aromatic heterocycles. The van der Waals surface area contributed by atoms with E-state index in [0.717, 1.165) is 0 Å². The molecule has 6 aliphatic heterocycles. The Kier molecular flexibility index (Phi) is 6.61. The van der Waals surface area contributed by atoms with E-state index in [2.05, 4.69) is 241 Å². The van der Waals surface area contributed by atoms with Crippen molar-refractivity contribution >= 4 is 56.2 Å². The highest BCUT2D eigenvalue weighted by Gasteiger charge is 2.72. The number of para-hydroxylation sites is 3. The number of rotatable bonds is 4. The number of pyridine rings is 2. The van der Waals surface area contributed by atoms with Gasteiger partial charge in [-0.05, 0) is 64.7 Å². The highest BCUT2D eigenvalue weighted by atomic mass is 15.5. The highest BCUT2D eigenvalue weighted by Crippen LogP contribution is 2.67. The maximum atomic E-state index is 2.82. The van der Waals surface area contributed by atoms with E-state index in [1.54, 1.807) is 0 Å². The third-order valence-electron chi connectivity index (χ3n) is 17.6. The highest BCUT2D eigenvalue weighted by molar-refractivity contribution is 6.15. The van der Waals surface area contributed by atoms with Crippen LogP contribution in [0.4, 0.5) is 34.4 Å². The van der Waals surface area contributed by atoms with Crippen LogP contribution in [0, 0.1) is 0 Å². The molecule has 16 rings (SSSR count). The predicted molar refractivity (Wildman–Crippen MR) is 273 cm³/mol. The molecule has 0 aliphatic carbocycles. The molecule has 0 bridgehead atoms. The average Bonchev–Trinajstić information content (AvgIpc) is 3.87. The average molecular weight is 876 g/mol. The molecular formula is C63H49N5+2. The summed E-state index contributed by atoms with van der Waals surface area (Å²) >= 11 is 0. The summed E-state index contributed by atoms with van der Waals surface area (Å²) in [5.74, 6) is 2.71. The third kappa shape index (κ3) is 4.01. The van der Waals surface area contributed by atoms with E-state index in [1.165, 1.54) is 129 Å². The van der Waals surface area contributed by atoms with Gasteiger partial charge in [-0.15, -0.1) is 0 Å². The van der Waals surface area contributed by atoms with E-state index in [-0.39, 0.29) is 22.7 Å². The fraction of sp³-hybridized carbons (Fsp3) is 0.175. The quantitative estimate of drug-likeness (QED) is 0.164. The van der Waals surface area contributed by atoms with Crippen molar-refractivity contribution in [3.63, 3.8) is 0 Å². The molecule has 0 fully saturated rings. The van der Waals surface area contributed by atoms with Gasteiger partial charge in [0.25, 0.3) is 11.6 Å². The summed E-state index contributed by atoms with van der Waals surface area (Å²) in [5, 5.41) is 2.61. The Balaban J connectivity index is 1.18. The zero-order chi connectivity index (χ0) is 45.3. The summed E-state index contributed by atoms with van der Waals surface area (Å²) in [6.45, 7) is 14.6. The van der Waals surface area contributed by atoms with Crippen LogP contribution in [0.15, 0.2) is 176 Å². The number of nitrogens with zero attached hydrogens (tertiary/aromatic N) is 5. The minimum Gasteiger partial charge on any atom is -0.308 e. The van der Waals surface area contributed by atoms with Crippen molar-refractivity contribution in [2.24, 2.45) is 0 Å². The van der Waals surface area contributed by atoms with Gasteiger partial charge in [0.1, 0.15) is 22.5 Å². The normalized spacial score (nSPS) is 18.9. The van der Waals surface area contributed by atoms with Gasteiger partial charge < -0.3 is 4.57 Å². The Morgan fingerprint density at radius 3 is 1.50 bits per heavy atom. The van der Waals surface area contributed by atoms with Crippen LogP contribution in [-0.2, 0) is 16.5 Å². The lowest BCUT2D eigenvalue weighted by atomic mass is 9.67. The Morgan fingerprint density at radius 1 is 0.412 bits per heavy atom. The lowest BCUT2D eigenvalue weighted by Crippen LogP contribution is -2.77. The fourth-order valence-corrected chi connectivity index (χ4v) is 14.3. The van der Waals surface area contributed by atoms with Crippen LogP contribution in [0.3, 0.4) is 0 Å². The number of hydrogen-bond donors (Lipinski definition) is 0. The van der Waals surface area contributed by atoms with Gasteiger partial charge in [0.15, 0.2) is 22.8 Å². The molecule has 3 atom stereocenters. The smallest absolute Gasteiger partial charge is 0.308 e. The minimum absolute atomic E-state index is 0.147. The van der Waals surface area contributed by atoms with Crippen molar-refractivity contribution < 1.29 is 9.13 Å². The molecule has 0 saturated carbocycles. The molecule has 3 unspecified atom stereocenters. The first-order valence-electron chi connectivity index (χ1n) is 24.5. The summed E-state index contributed by atoms with van der Waals surface area (Å²) < 4.78 is 8.29. The van der Waals surface area contributed by atoms with Crippen molar-refractivity contribution in [1.29, 1.82) is 0 Å². The van der Waals surface area contributed by atoms with Crippen LogP contribution in [0.2, 0.25) is 0 Å². The van der Waals surface area contributed by atoms with Crippen LogP contribution in [-0.4, -0.2) is 4.57 Å². The largest absolute Gasteiger partial charge is 0.319 e. The van der Waals surface area contributed by atoms with E-state index < -0.39 is 5.66 Å². The van der Waals surface area contributed by atoms with Gasteiger partial charge in [0, 0.05) is 67.8 Å². The zero-order valence-electron chi connectivity index (χ0n) is 39.1. The van der Waals surface area contributed by atoms with E-state index in [4.69, 9.17) is 0 Å². The Labute approximate surface area is 396 Å². The summed E-state index contributed by atoms with van der Waals surface area (Å²) in [7, 11) is 0. The Morgan fingerprint density at radius 2 is 0.912 bits per heavy atom. The number of fused-ring (bicyclic) bond motifs is 11. The standard InChI is InChI=1S/C63H49N5/c1-36(38-19-9-7-10-20-38)40-31-52-53-32-41(37(2)39-21-11-8-12-22-39)34-55-66-50-28-18-15-25-45(50)62(5,6)47-35-43-42-23-13-16-26-48(42)64-51-30-29-46-59-56(51)63(68(53)55,57(58(43)64)60(47)66)67(52)54(33-40)65(59)49-27-17-14-24-44(49)61(46,3)4/h7-37H,1-6H3/q+2. The van der Waals surface area contributed by atoms with Gasteiger partial charge in [0.05, 0.1) is 16.7 Å². The van der Waals surface area contributed by atoms with Gasteiger partial charge in [-0.1, -0.05) is 163 Å². The summed E-state index contributed by atoms with van der Waals surface area (Å²) in [4.78, 5) is 5.37. The van der Waals surface area contributed by atoms with E-state index in [1.807, 2.05) is 0 Å². The van der Waals surface area contributed by atoms with Crippen molar-refractivity contribution in [3.05, 3.63) is 232 Å². The van der Waals surface area contributed by atoms with Crippen LogP contribution < -0.4 is 18.9 Å². The molecular weight excluding hydrogens is 827 g/mol. The second-order valence-electron chi connectivity index (χ2n) is 21.4. The van der Waals surface area contributed by atoms with Crippen molar-refractivity contribution in [3.8, 4) is 17.1 Å². The fourth-order valence-electron chi connectivity index (χ4n) is 14.3. The van der Waals surface area contributed by atoms with Crippen molar-refractivity contribution in [1.82, 2.24) is 4.57 Å². The van der Waals surface area contributed by atoms with E-state index in [9.17, 15) is 0 Å². The second kappa shape index (κ2) is 12.0. The molecule has 0 N–H and O–H groups in total. The van der Waals surface area contributed by atoms with Crippen LogP contribution in [0.25, 0.3) is 38.9 Å². The number of benzene rings is 7. The summed E-state index contributed by atoms with van der Waals surface area (Å²) in [5.41, 5.74) is 23.5. The maximum absolute atomic E-state index is 2.82. The Bertz CT molecular complexity index is 3870. The SMILES string of the molecule is CC(c1ccccc1)c1cc2[n+]3c(c1)N1c4ccccc4C(C)(C)c4ccc5c(c41)C31c3c4c(cc6c7ccccc7n-5c36)C(C)(C)c3ccccc3N4c3cc(C(C)c4ccccc4)cc-2[n+]31. The Hall–Kier alpha value is -7.76. The molecule has 0 amide bonds. The lowest BCUT2D eigenvalue weighted by Gasteiger charge is -2.49. The third-order valence-corrected chi connectivity index (χ3v) is 17.6. The molecule has 6 aliphatic rings. The van der Waals surface area contributed by atoms with Gasteiger partial charge in [-0.3, -0.25) is 0 Å². The van der Waals surface area contributed by atoms with Crippen molar-refractivity contribution in [2.45, 2.75) is 69.9 Å². The van der Waals surface area contributed by atoms with E-state index >= 15 is 0 Å². The molecule has 5 heteroatoms. The summed E-state index contributed by atoms with van der Waals surface area (Å²) in [6.07, 6.45) is 0. The monoisotopic (exact) mass is 875 g/mol. The predicted octanol–water partition coefficient (Wildman–Crippen LogP) is 14.1. The van der Waals surface area contributed by atoms with Gasteiger partial charge >= 0.3 is 5.66 Å². The molecule has 1 spiro atoms. The zero-order valence-corrected chi connectivity index (χ0v) is 39.1. The first-order chi connectivity index (χ1) is 33.1. The topological polar surface area (TPSA) is 19.2 Å². The van der Waals surface area contributed by atoms with E-state index in [0.29, 0.717) is 0 Å². The maximum Gasteiger partial charge on any atom is 0.319 e.